The van der Waals surface area contributed by atoms with Crippen molar-refractivity contribution in [2.75, 3.05) is 0 Å². The van der Waals surface area contributed by atoms with Gasteiger partial charge in [-0.1, -0.05) is 38.1 Å². The largest absolute Gasteiger partial charge is 0.373 e. The maximum Gasteiger partial charge on any atom is 0.0787 e. The second-order valence-electron chi connectivity index (χ2n) is 5.53. The molecule has 100 valence electrons. The molecular weight excluding hydrogens is 224 g/mol. The van der Waals surface area contributed by atoms with Crippen LogP contribution in [0.25, 0.3) is 0 Å². The molecule has 1 saturated heterocycles. The van der Waals surface area contributed by atoms with Gasteiger partial charge in [-0.2, -0.15) is 0 Å². The number of benzene rings is 1. The van der Waals surface area contributed by atoms with Crippen LogP contribution in [0.15, 0.2) is 24.3 Å². The minimum atomic E-state index is 0.0937. The lowest BCUT2D eigenvalue weighted by molar-refractivity contribution is 0.0316. The van der Waals surface area contributed by atoms with Gasteiger partial charge >= 0.3 is 0 Å². The summed E-state index contributed by atoms with van der Waals surface area (Å²) in [5, 5.41) is 0. The van der Waals surface area contributed by atoms with Gasteiger partial charge in [-0.25, -0.2) is 0 Å². The third-order valence-corrected chi connectivity index (χ3v) is 3.78. The summed E-state index contributed by atoms with van der Waals surface area (Å²) < 4.78 is 5.90. The van der Waals surface area contributed by atoms with E-state index in [1.165, 1.54) is 11.1 Å². The molecule has 1 fully saturated rings. The van der Waals surface area contributed by atoms with Crippen molar-refractivity contribution < 1.29 is 4.74 Å². The zero-order valence-corrected chi connectivity index (χ0v) is 11.5. The molecule has 1 heterocycles. The molecule has 3 heteroatoms. The molecule has 18 heavy (non-hydrogen) atoms. The fourth-order valence-electron chi connectivity index (χ4n) is 2.59. The summed E-state index contributed by atoms with van der Waals surface area (Å²) in [4.78, 5) is 0. The molecule has 3 atom stereocenters. The molecule has 3 N–H and O–H groups in total. The number of hydrogen-bond donors (Lipinski definition) is 2. The lowest BCUT2D eigenvalue weighted by Crippen LogP contribution is -2.36. The maximum atomic E-state index is 5.90. The zero-order chi connectivity index (χ0) is 13.1. The van der Waals surface area contributed by atoms with E-state index in [-0.39, 0.29) is 12.1 Å². The van der Waals surface area contributed by atoms with Crippen molar-refractivity contribution in [2.24, 2.45) is 5.84 Å². The molecule has 3 nitrogen and oxygen atoms in total. The Balaban J connectivity index is 2.12. The van der Waals surface area contributed by atoms with E-state index >= 15 is 0 Å². The molecule has 0 bridgehead atoms. The molecule has 0 saturated carbocycles. The molecule has 1 aliphatic rings. The maximum absolute atomic E-state index is 5.90. The van der Waals surface area contributed by atoms with Crippen LogP contribution >= 0.6 is 0 Å². The molecule has 0 amide bonds. The summed E-state index contributed by atoms with van der Waals surface area (Å²) >= 11 is 0. The molecule has 1 aliphatic heterocycles. The van der Waals surface area contributed by atoms with Crippen molar-refractivity contribution in [1.82, 2.24) is 5.43 Å². The van der Waals surface area contributed by atoms with Crippen molar-refractivity contribution >= 4 is 0 Å². The van der Waals surface area contributed by atoms with E-state index in [2.05, 4.69) is 50.5 Å². The number of rotatable bonds is 4. The second-order valence-corrected chi connectivity index (χ2v) is 5.53. The van der Waals surface area contributed by atoms with Gasteiger partial charge in [-0.3, -0.25) is 11.3 Å². The van der Waals surface area contributed by atoms with E-state index in [0.717, 1.165) is 12.8 Å². The quantitative estimate of drug-likeness (QED) is 0.636. The highest BCUT2D eigenvalue weighted by Crippen LogP contribution is 2.30. The van der Waals surface area contributed by atoms with Crippen LogP contribution in [0.1, 0.15) is 56.7 Å². The van der Waals surface area contributed by atoms with E-state index in [0.29, 0.717) is 12.0 Å². The van der Waals surface area contributed by atoms with Gasteiger partial charge in [0.1, 0.15) is 0 Å². The average molecular weight is 248 g/mol. The monoisotopic (exact) mass is 248 g/mol. The average Bonchev–Trinajstić information content (AvgIpc) is 2.77. The van der Waals surface area contributed by atoms with Crippen molar-refractivity contribution in [3.8, 4) is 0 Å². The van der Waals surface area contributed by atoms with Crippen molar-refractivity contribution in [3.63, 3.8) is 0 Å². The van der Waals surface area contributed by atoms with Gasteiger partial charge in [-0.15, -0.1) is 0 Å². The standard InChI is InChI=1S/C15H24N2O/c1-10(2)12-5-7-13(8-6-12)15(17-16)14-9-4-11(3)18-14/h5-8,10-11,14-15,17H,4,9,16H2,1-3H3. The number of ether oxygens (including phenoxy) is 1. The predicted molar refractivity (Wildman–Crippen MR) is 74.2 cm³/mol. The minimum absolute atomic E-state index is 0.0937. The third kappa shape index (κ3) is 2.91. The van der Waals surface area contributed by atoms with Gasteiger partial charge < -0.3 is 4.74 Å². The van der Waals surface area contributed by atoms with Crippen LogP contribution in [-0.4, -0.2) is 12.2 Å². The van der Waals surface area contributed by atoms with Crippen LogP contribution in [0.4, 0.5) is 0 Å². The Hall–Kier alpha value is -0.900. The Morgan fingerprint density at radius 2 is 1.78 bits per heavy atom. The fourth-order valence-corrected chi connectivity index (χ4v) is 2.59. The number of nitrogens with one attached hydrogen (secondary N) is 1. The highest BCUT2D eigenvalue weighted by Gasteiger charge is 2.29. The van der Waals surface area contributed by atoms with Gasteiger partial charge in [0.05, 0.1) is 18.2 Å². The van der Waals surface area contributed by atoms with Crippen molar-refractivity contribution in [1.29, 1.82) is 0 Å². The van der Waals surface area contributed by atoms with Gasteiger partial charge in [-0.05, 0) is 36.8 Å². The summed E-state index contributed by atoms with van der Waals surface area (Å²) in [5.41, 5.74) is 5.47. The number of hydrogen-bond acceptors (Lipinski definition) is 3. The van der Waals surface area contributed by atoms with Gasteiger partial charge in [0.15, 0.2) is 0 Å². The fraction of sp³-hybridized carbons (Fsp3) is 0.600. The minimum Gasteiger partial charge on any atom is -0.373 e. The Morgan fingerprint density at radius 3 is 2.22 bits per heavy atom. The summed E-state index contributed by atoms with van der Waals surface area (Å²) in [6, 6.07) is 8.78. The smallest absolute Gasteiger partial charge is 0.0787 e. The lowest BCUT2D eigenvalue weighted by atomic mass is 9.96. The Bertz CT molecular complexity index is 375. The first-order valence-electron chi connectivity index (χ1n) is 6.83. The summed E-state index contributed by atoms with van der Waals surface area (Å²) in [7, 11) is 0. The first-order valence-corrected chi connectivity index (χ1v) is 6.83. The van der Waals surface area contributed by atoms with E-state index in [9.17, 15) is 0 Å². The molecule has 1 aromatic carbocycles. The van der Waals surface area contributed by atoms with Gasteiger partial charge in [0.2, 0.25) is 0 Å². The van der Waals surface area contributed by atoms with Crippen LogP contribution < -0.4 is 11.3 Å². The lowest BCUT2D eigenvalue weighted by Gasteiger charge is -2.23. The Kier molecular flexibility index (Phi) is 4.38. The van der Waals surface area contributed by atoms with Gasteiger partial charge in [0, 0.05) is 0 Å². The summed E-state index contributed by atoms with van der Waals surface area (Å²) in [6.07, 6.45) is 2.73. The molecule has 0 aromatic heterocycles. The van der Waals surface area contributed by atoms with Crippen molar-refractivity contribution in [2.45, 2.75) is 57.8 Å². The number of hydrazine groups is 1. The van der Waals surface area contributed by atoms with Crippen LogP contribution in [0.2, 0.25) is 0 Å². The van der Waals surface area contributed by atoms with E-state index < -0.39 is 0 Å². The van der Waals surface area contributed by atoms with Gasteiger partial charge in [0.25, 0.3) is 0 Å². The normalized spacial score (nSPS) is 25.6. The molecule has 0 aliphatic carbocycles. The van der Waals surface area contributed by atoms with E-state index in [1.807, 2.05) is 0 Å². The van der Waals surface area contributed by atoms with E-state index in [4.69, 9.17) is 10.6 Å². The van der Waals surface area contributed by atoms with E-state index in [1.54, 1.807) is 0 Å². The highest BCUT2D eigenvalue weighted by atomic mass is 16.5. The predicted octanol–water partition coefficient (Wildman–Crippen LogP) is 2.88. The molecule has 0 spiro atoms. The molecular formula is C15H24N2O. The van der Waals surface area contributed by atoms with Crippen LogP contribution in [0, 0.1) is 0 Å². The topological polar surface area (TPSA) is 47.3 Å². The summed E-state index contributed by atoms with van der Waals surface area (Å²) in [6.45, 7) is 6.53. The second kappa shape index (κ2) is 5.83. The van der Waals surface area contributed by atoms with Crippen LogP contribution in [0.3, 0.4) is 0 Å². The van der Waals surface area contributed by atoms with Crippen molar-refractivity contribution in [3.05, 3.63) is 35.4 Å². The first kappa shape index (κ1) is 13.5. The highest BCUT2D eigenvalue weighted by molar-refractivity contribution is 5.27. The third-order valence-electron chi connectivity index (χ3n) is 3.78. The first-order chi connectivity index (χ1) is 8.61. The summed E-state index contributed by atoms with van der Waals surface area (Å²) in [5.74, 6) is 6.26. The molecule has 2 rings (SSSR count). The Morgan fingerprint density at radius 1 is 1.17 bits per heavy atom. The molecule has 1 aromatic rings. The zero-order valence-electron chi connectivity index (χ0n) is 11.5. The molecule has 0 radical (unpaired) electrons. The number of nitrogens with two attached hydrogens (primary N) is 1. The molecule has 3 unspecified atom stereocenters. The van der Waals surface area contributed by atoms with Crippen LogP contribution in [-0.2, 0) is 4.74 Å². The SMILES string of the molecule is CC1CCC(C(NN)c2ccc(C(C)C)cc2)O1. The Labute approximate surface area is 110 Å². The van der Waals surface area contributed by atoms with Crippen LogP contribution in [0.5, 0.6) is 0 Å².